The Hall–Kier alpha value is -2.04. The average molecular weight is 188 g/mol. The van der Waals surface area contributed by atoms with E-state index in [1.54, 1.807) is 24.0 Å². The van der Waals surface area contributed by atoms with E-state index in [9.17, 15) is 4.79 Å². The molecule has 2 aromatic rings. The normalized spacial score (nSPS) is 10.1. The summed E-state index contributed by atoms with van der Waals surface area (Å²) >= 11 is 0. The van der Waals surface area contributed by atoms with Gasteiger partial charge in [0.1, 0.15) is 0 Å². The largest absolute Gasteiger partial charge is 0.308 e. The zero-order valence-electron chi connectivity index (χ0n) is 7.58. The maximum absolute atomic E-state index is 10.5. The molecule has 2 rings (SSSR count). The van der Waals surface area contributed by atoms with Gasteiger partial charge in [-0.3, -0.25) is 9.78 Å². The molecule has 0 aliphatic heterocycles. The second kappa shape index (κ2) is 3.37. The molecule has 0 N–H and O–H groups in total. The molecule has 5 nitrogen and oxygen atoms in total. The number of aldehydes is 1. The van der Waals surface area contributed by atoms with E-state index in [1.807, 2.05) is 12.1 Å². The first kappa shape index (κ1) is 8.55. The molecule has 0 bridgehead atoms. The third-order valence-corrected chi connectivity index (χ3v) is 1.95. The highest BCUT2D eigenvalue weighted by atomic mass is 16.1. The molecule has 0 spiro atoms. The van der Waals surface area contributed by atoms with Gasteiger partial charge in [-0.1, -0.05) is 0 Å². The van der Waals surface area contributed by atoms with Crippen molar-refractivity contribution in [3.05, 3.63) is 30.4 Å². The van der Waals surface area contributed by atoms with Gasteiger partial charge in [-0.2, -0.15) is 0 Å². The van der Waals surface area contributed by atoms with Gasteiger partial charge in [-0.05, 0) is 12.1 Å². The van der Waals surface area contributed by atoms with Crippen molar-refractivity contribution in [3.8, 4) is 11.4 Å². The summed E-state index contributed by atoms with van der Waals surface area (Å²) in [5, 5.41) is 7.65. The minimum atomic E-state index is 0.316. The Morgan fingerprint density at radius 1 is 1.29 bits per heavy atom. The quantitative estimate of drug-likeness (QED) is 0.650. The van der Waals surface area contributed by atoms with Crippen LogP contribution < -0.4 is 0 Å². The fourth-order valence-electron chi connectivity index (χ4n) is 1.20. The highest BCUT2D eigenvalue weighted by Crippen LogP contribution is 2.14. The van der Waals surface area contributed by atoms with E-state index in [1.165, 1.54) is 0 Å². The topological polar surface area (TPSA) is 60.7 Å². The van der Waals surface area contributed by atoms with Crippen molar-refractivity contribution in [2.45, 2.75) is 0 Å². The van der Waals surface area contributed by atoms with Crippen LogP contribution in [0.5, 0.6) is 0 Å². The van der Waals surface area contributed by atoms with E-state index in [0.29, 0.717) is 17.9 Å². The average Bonchev–Trinajstić information content (AvgIpc) is 2.61. The van der Waals surface area contributed by atoms with E-state index < -0.39 is 0 Å². The van der Waals surface area contributed by atoms with Crippen LogP contribution in [0.25, 0.3) is 11.4 Å². The van der Waals surface area contributed by atoms with Crippen LogP contribution in [-0.4, -0.2) is 26.0 Å². The predicted octanol–water partition coefficient (Wildman–Crippen LogP) is 0.690. The molecular formula is C9H8N4O. The Morgan fingerprint density at radius 3 is 2.57 bits per heavy atom. The first-order valence-electron chi connectivity index (χ1n) is 4.08. The summed E-state index contributed by atoms with van der Waals surface area (Å²) in [6.07, 6.45) is 4.02. The van der Waals surface area contributed by atoms with Crippen molar-refractivity contribution in [2.75, 3.05) is 0 Å². The number of rotatable bonds is 2. The Kier molecular flexibility index (Phi) is 2.06. The van der Waals surface area contributed by atoms with Gasteiger partial charge in [0.2, 0.25) is 0 Å². The van der Waals surface area contributed by atoms with Crippen LogP contribution in [0.2, 0.25) is 0 Å². The van der Waals surface area contributed by atoms with Gasteiger partial charge in [0.15, 0.2) is 17.9 Å². The smallest absolute Gasteiger partial charge is 0.196 e. The van der Waals surface area contributed by atoms with Crippen LogP contribution in [0.4, 0.5) is 0 Å². The number of aromatic nitrogens is 4. The Balaban J connectivity index is 2.53. The molecule has 0 unspecified atom stereocenters. The molecule has 0 aliphatic rings. The lowest BCUT2D eigenvalue weighted by Crippen LogP contribution is -1.97. The van der Waals surface area contributed by atoms with E-state index in [-0.39, 0.29) is 0 Å². The predicted molar refractivity (Wildman–Crippen MR) is 49.6 cm³/mol. The van der Waals surface area contributed by atoms with E-state index in [4.69, 9.17) is 0 Å². The van der Waals surface area contributed by atoms with E-state index in [2.05, 4.69) is 15.2 Å². The van der Waals surface area contributed by atoms with E-state index in [0.717, 1.165) is 5.56 Å². The lowest BCUT2D eigenvalue weighted by molar-refractivity contribution is 0.111. The first-order valence-corrected chi connectivity index (χ1v) is 4.08. The van der Waals surface area contributed by atoms with Crippen LogP contribution in [0.1, 0.15) is 10.6 Å². The van der Waals surface area contributed by atoms with Crippen molar-refractivity contribution in [3.63, 3.8) is 0 Å². The molecule has 0 aliphatic carbocycles. The zero-order valence-corrected chi connectivity index (χ0v) is 7.58. The summed E-state index contributed by atoms with van der Waals surface area (Å²) < 4.78 is 1.64. The Bertz CT molecular complexity index is 449. The lowest BCUT2D eigenvalue weighted by atomic mass is 10.2. The fourth-order valence-corrected chi connectivity index (χ4v) is 1.20. The molecule has 0 amide bonds. The van der Waals surface area contributed by atoms with Crippen molar-refractivity contribution in [2.24, 2.45) is 7.05 Å². The Morgan fingerprint density at radius 2 is 2.00 bits per heavy atom. The number of carbonyl (C=O) groups is 1. The van der Waals surface area contributed by atoms with Crippen molar-refractivity contribution >= 4 is 6.29 Å². The lowest BCUT2D eigenvalue weighted by Gasteiger charge is -1.99. The standard InChI is InChI=1S/C9H8N4O/c1-13-8(6-14)11-12-9(13)7-2-4-10-5-3-7/h2-6H,1H3. The maximum atomic E-state index is 10.5. The van der Waals surface area contributed by atoms with Gasteiger partial charge in [0.25, 0.3) is 0 Å². The fraction of sp³-hybridized carbons (Fsp3) is 0.111. The molecule has 2 heterocycles. The highest BCUT2D eigenvalue weighted by molar-refractivity contribution is 5.71. The van der Waals surface area contributed by atoms with Gasteiger partial charge in [0.05, 0.1) is 0 Å². The third kappa shape index (κ3) is 1.28. The van der Waals surface area contributed by atoms with Crippen molar-refractivity contribution in [1.29, 1.82) is 0 Å². The summed E-state index contributed by atoms with van der Waals surface area (Å²) in [4.78, 5) is 14.4. The van der Waals surface area contributed by atoms with Gasteiger partial charge in [-0.25, -0.2) is 0 Å². The highest BCUT2D eigenvalue weighted by Gasteiger charge is 2.08. The van der Waals surface area contributed by atoms with E-state index >= 15 is 0 Å². The van der Waals surface area contributed by atoms with Gasteiger partial charge >= 0.3 is 0 Å². The summed E-state index contributed by atoms with van der Waals surface area (Å²) in [5.74, 6) is 0.978. The van der Waals surface area contributed by atoms with Gasteiger partial charge < -0.3 is 4.57 Å². The molecule has 14 heavy (non-hydrogen) atoms. The summed E-state index contributed by atoms with van der Waals surface area (Å²) in [5.41, 5.74) is 0.892. The SMILES string of the molecule is Cn1c(C=O)nnc1-c1ccncc1. The number of nitrogens with zero attached hydrogens (tertiary/aromatic N) is 4. The second-order valence-corrected chi connectivity index (χ2v) is 2.79. The van der Waals surface area contributed by atoms with Crippen molar-refractivity contribution in [1.82, 2.24) is 19.7 Å². The molecule has 0 aromatic carbocycles. The minimum Gasteiger partial charge on any atom is -0.308 e. The summed E-state index contributed by atoms with van der Waals surface area (Å²) in [6, 6.07) is 3.64. The first-order chi connectivity index (χ1) is 6.83. The molecule has 2 aromatic heterocycles. The maximum Gasteiger partial charge on any atom is 0.196 e. The van der Waals surface area contributed by atoms with Crippen molar-refractivity contribution < 1.29 is 4.79 Å². The third-order valence-electron chi connectivity index (χ3n) is 1.95. The molecule has 0 saturated carbocycles. The molecule has 5 heteroatoms. The van der Waals surface area contributed by atoms with Gasteiger partial charge in [-0.15, -0.1) is 10.2 Å². The number of pyridine rings is 1. The summed E-state index contributed by atoms with van der Waals surface area (Å²) in [6.45, 7) is 0. The molecule has 70 valence electrons. The zero-order chi connectivity index (χ0) is 9.97. The van der Waals surface area contributed by atoms with Crippen LogP contribution >= 0.6 is 0 Å². The minimum absolute atomic E-state index is 0.316. The molecule has 0 radical (unpaired) electrons. The summed E-state index contributed by atoms with van der Waals surface area (Å²) in [7, 11) is 1.75. The second-order valence-electron chi connectivity index (χ2n) is 2.79. The van der Waals surface area contributed by atoms with Gasteiger partial charge in [0, 0.05) is 25.0 Å². The number of hydrogen-bond acceptors (Lipinski definition) is 4. The number of carbonyl (C=O) groups excluding carboxylic acids is 1. The number of hydrogen-bond donors (Lipinski definition) is 0. The molecule has 0 fully saturated rings. The molecular weight excluding hydrogens is 180 g/mol. The molecule has 0 saturated heterocycles. The molecule has 0 atom stereocenters. The Labute approximate surface area is 80.4 Å². The van der Waals surface area contributed by atoms with Crippen LogP contribution in [0, 0.1) is 0 Å². The van der Waals surface area contributed by atoms with Crippen LogP contribution in [0.15, 0.2) is 24.5 Å². The monoisotopic (exact) mass is 188 g/mol. The van der Waals surface area contributed by atoms with Crippen LogP contribution in [-0.2, 0) is 7.05 Å². The van der Waals surface area contributed by atoms with Crippen LogP contribution in [0.3, 0.4) is 0 Å².